The fourth-order valence-electron chi connectivity index (χ4n) is 2.28. The van der Waals surface area contributed by atoms with E-state index in [4.69, 9.17) is 14.2 Å². The van der Waals surface area contributed by atoms with Gasteiger partial charge in [-0.1, -0.05) is 18.2 Å². The number of carbonyl (C=O) groups excluding carboxylic acids is 2. The SMILES string of the molecule is Cc1ccccc1OCC(=O)NNC(=O)c1ccc2c(c1)OCCO2. The van der Waals surface area contributed by atoms with Gasteiger partial charge in [0.1, 0.15) is 19.0 Å². The van der Waals surface area contributed by atoms with Gasteiger partial charge in [0.15, 0.2) is 18.1 Å². The average molecular weight is 342 g/mol. The zero-order chi connectivity index (χ0) is 17.6. The van der Waals surface area contributed by atoms with Crippen molar-refractivity contribution in [2.75, 3.05) is 19.8 Å². The highest BCUT2D eigenvalue weighted by Gasteiger charge is 2.15. The average Bonchev–Trinajstić information content (AvgIpc) is 2.65. The number of rotatable bonds is 4. The maximum atomic E-state index is 12.1. The molecule has 0 aliphatic carbocycles. The Bertz CT molecular complexity index is 791. The molecular formula is C18H18N2O5. The van der Waals surface area contributed by atoms with Crippen LogP contribution in [0.2, 0.25) is 0 Å². The van der Waals surface area contributed by atoms with Crippen molar-refractivity contribution in [2.45, 2.75) is 6.92 Å². The minimum absolute atomic E-state index is 0.202. The van der Waals surface area contributed by atoms with Crippen LogP contribution in [0.15, 0.2) is 42.5 Å². The number of para-hydroxylation sites is 1. The molecule has 2 N–H and O–H groups in total. The summed E-state index contributed by atoms with van der Waals surface area (Å²) in [5, 5.41) is 0. The first-order valence-corrected chi connectivity index (χ1v) is 7.81. The number of carbonyl (C=O) groups is 2. The standard InChI is InChI=1S/C18H18N2O5/c1-12-4-2-3-5-14(12)25-11-17(21)19-20-18(22)13-6-7-15-16(10-13)24-9-8-23-15/h2-7,10H,8-9,11H2,1H3,(H,19,21)(H,20,22). The highest BCUT2D eigenvalue weighted by Crippen LogP contribution is 2.30. The number of hydrazine groups is 1. The van der Waals surface area contributed by atoms with Gasteiger partial charge in [-0.15, -0.1) is 0 Å². The van der Waals surface area contributed by atoms with Crippen molar-refractivity contribution in [1.82, 2.24) is 10.9 Å². The summed E-state index contributed by atoms with van der Waals surface area (Å²) in [6.45, 7) is 2.60. The van der Waals surface area contributed by atoms with Gasteiger partial charge in [-0.3, -0.25) is 20.4 Å². The van der Waals surface area contributed by atoms with E-state index in [0.29, 0.717) is 36.0 Å². The molecule has 0 radical (unpaired) electrons. The van der Waals surface area contributed by atoms with Gasteiger partial charge in [-0.05, 0) is 36.8 Å². The molecule has 1 aliphatic rings. The van der Waals surface area contributed by atoms with Crippen LogP contribution in [0.4, 0.5) is 0 Å². The predicted octanol–water partition coefficient (Wildman–Crippen LogP) is 1.61. The van der Waals surface area contributed by atoms with Crippen LogP contribution in [0.3, 0.4) is 0 Å². The number of fused-ring (bicyclic) bond motifs is 1. The summed E-state index contributed by atoms with van der Waals surface area (Å²) < 4.78 is 16.2. The van der Waals surface area contributed by atoms with Crippen molar-refractivity contribution in [2.24, 2.45) is 0 Å². The lowest BCUT2D eigenvalue weighted by atomic mass is 10.2. The second-order valence-corrected chi connectivity index (χ2v) is 5.41. The maximum Gasteiger partial charge on any atom is 0.276 e. The molecule has 0 fully saturated rings. The first-order chi connectivity index (χ1) is 12.1. The van der Waals surface area contributed by atoms with Crippen molar-refractivity contribution in [1.29, 1.82) is 0 Å². The summed E-state index contributed by atoms with van der Waals surface area (Å²) in [5.74, 6) is 0.803. The van der Waals surface area contributed by atoms with Gasteiger partial charge < -0.3 is 14.2 Å². The Labute approximate surface area is 144 Å². The third-order valence-electron chi connectivity index (χ3n) is 3.57. The molecule has 25 heavy (non-hydrogen) atoms. The number of benzene rings is 2. The van der Waals surface area contributed by atoms with Crippen molar-refractivity contribution < 1.29 is 23.8 Å². The van der Waals surface area contributed by atoms with E-state index in [9.17, 15) is 9.59 Å². The Morgan fingerprint density at radius 1 is 1.04 bits per heavy atom. The Morgan fingerprint density at radius 3 is 2.60 bits per heavy atom. The van der Waals surface area contributed by atoms with Crippen molar-refractivity contribution in [3.63, 3.8) is 0 Å². The van der Waals surface area contributed by atoms with Gasteiger partial charge >= 0.3 is 0 Å². The van der Waals surface area contributed by atoms with Crippen LogP contribution in [-0.2, 0) is 4.79 Å². The van der Waals surface area contributed by atoms with E-state index in [1.807, 2.05) is 25.1 Å². The van der Waals surface area contributed by atoms with Gasteiger partial charge in [-0.25, -0.2) is 0 Å². The molecule has 2 amide bonds. The van der Waals surface area contributed by atoms with Crippen LogP contribution in [0, 0.1) is 6.92 Å². The summed E-state index contributed by atoms with van der Waals surface area (Å²) in [7, 11) is 0. The minimum Gasteiger partial charge on any atom is -0.486 e. The van der Waals surface area contributed by atoms with Crippen LogP contribution in [0.25, 0.3) is 0 Å². The van der Waals surface area contributed by atoms with E-state index < -0.39 is 11.8 Å². The zero-order valence-electron chi connectivity index (χ0n) is 13.7. The molecule has 7 heteroatoms. The third-order valence-corrected chi connectivity index (χ3v) is 3.57. The Kier molecular flexibility index (Phi) is 5.03. The smallest absolute Gasteiger partial charge is 0.276 e. The molecule has 1 aliphatic heterocycles. The molecule has 0 saturated carbocycles. The zero-order valence-corrected chi connectivity index (χ0v) is 13.7. The normalized spacial score (nSPS) is 12.2. The van der Waals surface area contributed by atoms with Crippen LogP contribution < -0.4 is 25.1 Å². The molecule has 130 valence electrons. The molecule has 0 atom stereocenters. The lowest BCUT2D eigenvalue weighted by Gasteiger charge is -2.18. The summed E-state index contributed by atoms with van der Waals surface area (Å²) >= 11 is 0. The number of hydrogen-bond donors (Lipinski definition) is 2. The molecule has 0 bridgehead atoms. The Balaban J connectivity index is 1.50. The molecule has 1 heterocycles. The maximum absolute atomic E-state index is 12.1. The number of nitrogens with one attached hydrogen (secondary N) is 2. The summed E-state index contributed by atoms with van der Waals surface area (Å²) in [5.41, 5.74) is 5.93. The number of aryl methyl sites for hydroxylation is 1. The van der Waals surface area contributed by atoms with E-state index in [1.165, 1.54) is 0 Å². The highest BCUT2D eigenvalue weighted by atomic mass is 16.6. The third kappa shape index (κ3) is 4.20. The molecule has 3 rings (SSSR count). The second-order valence-electron chi connectivity index (χ2n) is 5.41. The molecule has 7 nitrogen and oxygen atoms in total. The quantitative estimate of drug-likeness (QED) is 0.825. The van der Waals surface area contributed by atoms with Crippen LogP contribution in [0.5, 0.6) is 17.2 Å². The van der Waals surface area contributed by atoms with Gasteiger partial charge in [0.25, 0.3) is 11.8 Å². The largest absolute Gasteiger partial charge is 0.486 e. The van der Waals surface area contributed by atoms with E-state index in [-0.39, 0.29) is 6.61 Å². The van der Waals surface area contributed by atoms with Gasteiger partial charge in [0, 0.05) is 5.56 Å². The number of ether oxygens (including phenoxy) is 3. The number of amides is 2. The van der Waals surface area contributed by atoms with Crippen LogP contribution >= 0.6 is 0 Å². The van der Waals surface area contributed by atoms with Crippen molar-refractivity contribution in [3.8, 4) is 17.2 Å². The first kappa shape index (κ1) is 16.6. The molecule has 0 saturated heterocycles. The first-order valence-electron chi connectivity index (χ1n) is 7.81. The van der Waals surface area contributed by atoms with Crippen LogP contribution in [-0.4, -0.2) is 31.6 Å². The molecule has 0 spiro atoms. The lowest BCUT2D eigenvalue weighted by Crippen LogP contribution is -2.43. The highest BCUT2D eigenvalue weighted by molar-refractivity contribution is 5.96. The molecule has 2 aromatic rings. The van der Waals surface area contributed by atoms with Gasteiger partial charge in [0.2, 0.25) is 0 Å². The molecule has 0 unspecified atom stereocenters. The van der Waals surface area contributed by atoms with E-state index in [0.717, 1.165) is 5.56 Å². The summed E-state index contributed by atoms with van der Waals surface area (Å²) in [6.07, 6.45) is 0. The second kappa shape index (κ2) is 7.57. The fourth-order valence-corrected chi connectivity index (χ4v) is 2.28. The van der Waals surface area contributed by atoms with Gasteiger partial charge in [0.05, 0.1) is 0 Å². The lowest BCUT2D eigenvalue weighted by molar-refractivity contribution is -0.123. The molecule has 2 aromatic carbocycles. The van der Waals surface area contributed by atoms with E-state index in [1.54, 1.807) is 24.3 Å². The summed E-state index contributed by atoms with van der Waals surface area (Å²) in [6, 6.07) is 12.2. The topological polar surface area (TPSA) is 85.9 Å². The Morgan fingerprint density at radius 2 is 1.80 bits per heavy atom. The summed E-state index contributed by atoms with van der Waals surface area (Å²) in [4.78, 5) is 23.9. The minimum atomic E-state index is -0.464. The molecular weight excluding hydrogens is 324 g/mol. The number of hydrogen-bond acceptors (Lipinski definition) is 5. The van der Waals surface area contributed by atoms with E-state index in [2.05, 4.69) is 10.9 Å². The monoisotopic (exact) mass is 342 g/mol. The van der Waals surface area contributed by atoms with E-state index >= 15 is 0 Å². The molecule has 0 aromatic heterocycles. The van der Waals surface area contributed by atoms with Gasteiger partial charge in [-0.2, -0.15) is 0 Å². The van der Waals surface area contributed by atoms with Crippen molar-refractivity contribution in [3.05, 3.63) is 53.6 Å². The van der Waals surface area contributed by atoms with Crippen molar-refractivity contribution >= 4 is 11.8 Å². The Hall–Kier alpha value is -3.22. The van der Waals surface area contributed by atoms with Crippen LogP contribution in [0.1, 0.15) is 15.9 Å². The predicted molar refractivity (Wildman–Crippen MR) is 89.7 cm³/mol. The fraction of sp³-hybridized carbons (Fsp3) is 0.222.